The summed E-state index contributed by atoms with van der Waals surface area (Å²) in [6, 6.07) is 0. The van der Waals surface area contributed by atoms with Crippen molar-refractivity contribution < 1.29 is 4.39 Å². The summed E-state index contributed by atoms with van der Waals surface area (Å²) in [4.78, 5) is 12.1. The Kier molecular flexibility index (Phi) is 3.39. The molecule has 7 heteroatoms. The van der Waals surface area contributed by atoms with E-state index in [4.69, 9.17) is 5.84 Å². The zero-order valence-corrected chi connectivity index (χ0v) is 10.1. The molecule has 0 spiro atoms. The van der Waals surface area contributed by atoms with Gasteiger partial charge >= 0.3 is 0 Å². The highest BCUT2D eigenvalue weighted by molar-refractivity contribution is 5.46. The first-order valence-corrected chi connectivity index (χ1v) is 5.56. The summed E-state index contributed by atoms with van der Waals surface area (Å²) in [5.74, 6) is 5.48. The van der Waals surface area contributed by atoms with Crippen LogP contribution in [0.15, 0.2) is 0 Å². The molecule has 0 amide bonds. The smallest absolute Gasteiger partial charge is 0.239 e. The maximum absolute atomic E-state index is 14.0. The maximum Gasteiger partial charge on any atom is 0.239 e. The Morgan fingerprint density at radius 1 is 1.24 bits per heavy atom. The van der Waals surface area contributed by atoms with Gasteiger partial charge in [0.2, 0.25) is 5.95 Å². The third-order valence-corrected chi connectivity index (χ3v) is 2.93. The van der Waals surface area contributed by atoms with Crippen molar-refractivity contribution in [1.29, 1.82) is 0 Å². The molecule has 6 nitrogen and oxygen atoms in total. The fraction of sp³-hybridized carbons (Fsp3) is 0.600. The minimum Gasteiger partial charge on any atom is -0.351 e. The SMILES string of the molecule is Cc1nc(NN)nc(N2CCN(C)CC2)c1F. The summed E-state index contributed by atoms with van der Waals surface area (Å²) < 4.78 is 14.0. The number of nitrogens with one attached hydrogen (secondary N) is 1. The van der Waals surface area contributed by atoms with Crippen LogP contribution in [-0.2, 0) is 0 Å². The van der Waals surface area contributed by atoms with E-state index in [1.165, 1.54) is 0 Å². The van der Waals surface area contributed by atoms with Crippen LogP contribution in [0.1, 0.15) is 5.69 Å². The van der Waals surface area contributed by atoms with Crippen LogP contribution in [0.4, 0.5) is 16.2 Å². The van der Waals surface area contributed by atoms with Gasteiger partial charge in [0.25, 0.3) is 0 Å². The van der Waals surface area contributed by atoms with Gasteiger partial charge in [-0.1, -0.05) is 0 Å². The lowest BCUT2D eigenvalue weighted by Gasteiger charge is -2.33. The number of rotatable bonds is 2. The minimum atomic E-state index is -0.367. The second kappa shape index (κ2) is 4.80. The maximum atomic E-state index is 14.0. The van der Waals surface area contributed by atoms with Gasteiger partial charge in [0, 0.05) is 26.2 Å². The number of nitrogens with two attached hydrogens (primary N) is 1. The van der Waals surface area contributed by atoms with E-state index in [0.717, 1.165) is 26.2 Å². The van der Waals surface area contributed by atoms with Gasteiger partial charge in [-0.05, 0) is 14.0 Å². The van der Waals surface area contributed by atoms with Gasteiger partial charge in [-0.3, -0.25) is 5.43 Å². The predicted octanol–water partition coefficient (Wildman–Crippen LogP) is -0.0385. The second-order valence-corrected chi connectivity index (χ2v) is 4.20. The number of halogens is 1. The molecule has 17 heavy (non-hydrogen) atoms. The van der Waals surface area contributed by atoms with Crippen molar-refractivity contribution in [2.75, 3.05) is 43.6 Å². The molecule has 0 atom stereocenters. The average molecular weight is 240 g/mol. The summed E-state index contributed by atoms with van der Waals surface area (Å²) in [6.45, 7) is 4.92. The normalized spacial score (nSPS) is 17.3. The highest BCUT2D eigenvalue weighted by atomic mass is 19.1. The lowest BCUT2D eigenvalue weighted by Crippen LogP contribution is -2.45. The van der Waals surface area contributed by atoms with Crippen molar-refractivity contribution in [2.45, 2.75) is 6.92 Å². The number of hydrogen-bond donors (Lipinski definition) is 2. The first-order chi connectivity index (χ1) is 8.11. The molecule has 1 fully saturated rings. The Bertz CT molecular complexity index is 402. The molecule has 2 rings (SSSR count). The Morgan fingerprint density at radius 3 is 2.47 bits per heavy atom. The zero-order chi connectivity index (χ0) is 12.4. The van der Waals surface area contributed by atoms with Gasteiger partial charge in [0.1, 0.15) is 0 Å². The van der Waals surface area contributed by atoms with Gasteiger partial charge in [-0.25, -0.2) is 15.2 Å². The van der Waals surface area contributed by atoms with Crippen LogP contribution < -0.4 is 16.2 Å². The number of likely N-dealkylation sites (N-methyl/N-ethyl adjacent to an activating group) is 1. The molecule has 1 aliphatic rings. The van der Waals surface area contributed by atoms with Crippen molar-refractivity contribution in [3.05, 3.63) is 11.5 Å². The Balaban J connectivity index is 2.27. The van der Waals surface area contributed by atoms with E-state index in [1.807, 2.05) is 11.9 Å². The molecule has 0 saturated carbocycles. The van der Waals surface area contributed by atoms with E-state index in [2.05, 4.69) is 20.3 Å². The number of hydrazine groups is 1. The van der Waals surface area contributed by atoms with Crippen LogP contribution in [0.3, 0.4) is 0 Å². The highest BCUT2D eigenvalue weighted by Gasteiger charge is 2.21. The van der Waals surface area contributed by atoms with E-state index in [0.29, 0.717) is 11.5 Å². The number of nitrogens with zero attached hydrogens (tertiary/aromatic N) is 4. The molecule has 1 aromatic rings. The van der Waals surface area contributed by atoms with Crippen LogP contribution in [0.2, 0.25) is 0 Å². The molecule has 2 heterocycles. The van der Waals surface area contributed by atoms with Gasteiger partial charge < -0.3 is 9.80 Å². The quantitative estimate of drug-likeness (QED) is 0.558. The summed E-state index contributed by atoms with van der Waals surface area (Å²) in [5, 5.41) is 0. The van der Waals surface area contributed by atoms with Crippen molar-refractivity contribution in [3.8, 4) is 0 Å². The number of anilines is 2. The molecular weight excluding hydrogens is 223 g/mol. The van der Waals surface area contributed by atoms with Gasteiger partial charge in [-0.2, -0.15) is 4.98 Å². The Hall–Kier alpha value is -1.47. The molecular formula is C10H17FN6. The standard InChI is InChI=1S/C10H17FN6/c1-7-8(11)9(14-10(13-7)15-12)17-5-3-16(2)4-6-17/h3-6,12H2,1-2H3,(H,13,14,15). The topological polar surface area (TPSA) is 70.3 Å². The van der Waals surface area contributed by atoms with Crippen molar-refractivity contribution in [2.24, 2.45) is 5.84 Å². The zero-order valence-electron chi connectivity index (χ0n) is 10.1. The van der Waals surface area contributed by atoms with Gasteiger partial charge in [-0.15, -0.1) is 0 Å². The third kappa shape index (κ3) is 2.45. The number of aromatic nitrogens is 2. The molecule has 94 valence electrons. The van der Waals surface area contributed by atoms with E-state index in [9.17, 15) is 4.39 Å². The van der Waals surface area contributed by atoms with Crippen LogP contribution in [0.5, 0.6) is 0 Å². The van der Waals surface area contributed by atoms with Gasteiger partial charge in [0.15, 0.2) is 11.6 Å². The summed E-state index contributed by atoms with van der Waals surface area (Å²) in [6.07, 6.45) is 0. The van der Waals surface area contributed by atoms with Crippen molar-refractivity contribution in [3.63, 3.8) is 0 Å². The highest BCUT2D eigenvalue weighted by Crippen LogP contribution is 2.21. The molecule has 1 aliphatic heterocycles. The van der Waals surface area contributed by atoms with E-state index in [-0.39, 0.29) is 11.8 Å². The van der Waals surface area contributed by atoms with Gasteiger partial charge in [0.05, 0.1) is 5.69 Å². The van der Waals surface area contributed by atoms with Crippen molar-refractivity contribution >= 4 is 11.8 Å². The van der Waals surface area contributed by atoms with Crippen LogP contribution in [-0.4, -0.2) is 48.1 Å². The monoisotopic (exact) mass is 240 g/mol. The lowest BCUT2D eigenvalue weighted by molar-refractivity contribution is 0.310. The molecule has 0 aromatic carbocycles. The molecule has 0 bridgehead atoms. The molecule has 3 N–H and O–H groups in total. The largest absolute Gasteiger partial charge is 0.351 e. The van der Waals surface area contributed by atoms with E-state index in [1.54, 1.807) is 6.92 Å². The number of aryl methyl sites for hydroxylation is 1. The molecule has 1 aromatic heterocycles. The summed E-state index contributed by atoms with van der Waals surface area (Å²) >= 11 is 0. The van der Waals surface area contributed by atoms with Crippen LogP contribution >= 0.6 is 0 Å². The fourth-order valence-electron chi connectivity index (χ4n) is 1.84. The molecule has 1 saturated heterocycles. The average Bonchev–Trinajstić information content (AvgIpc) is 2.34. The fourth-order valence-corrected chi connectivity index (χ4v) is 1.84. The first kappa shape index (κ1) is 12.0. The molecule has 0 radical (unpaired) electrons. The number of piperazine rings is 1. The molecule has 0 unspecified atom stereocenters. The van der Waals surface area contributed by atoms with Crippen LogP contribution in [0.25, 0.3) is 0 Å². The Labute approximate surface area is 99.6 Å². The van der Waals surface area contributed by atoms with Crippen molar-refractivity contribution in [1.82, 2.24) is 14.9 Å². The first-order valence-electron chi connectivity index (χ1n) is 5.56. The minimum absolute atomic E-state index is 0.248. The lowest BCUT2D eigenvalue weighted by atomic mass is 10.3. The summed E-state index contributed by atoms with van der Waals surface area (Å²) in [7, 11) is 2.05. The van der Waals surface area contributed by atoms with E-state index >= 15 is 0 Å². The van der Waals surface area contributed by atoms with Crippen LogP contribution in [0, 0.1) is 12.7 Å². The number of nitrogen functional groups attached to an aromatic ring is 1. The Morgan fingerprint density at radius 2 is 1.88 bits per heavy atom. The second-order valence-electron chi connectivity index (χ2n) is 4.20. The van der Waals surface area contributed by atoms with E-state index < -0.39 is 0 Å². The molecule has 0 aliphatic carbocycles. The predicted molar refractivity (Wildman–Crippen MR) is 64.2 cm³/mol. The summed E-state index contributed by atoms with van der Waals surface area (Å²) in [5.41, 5.74) is 2.66. The number of hydrogen-bond acceptors (Lipinski definition) is 6. The third-order valence-electron chi connectivity index (χ3n) is 2.93.